The molecule has 0 saturated heterocycles. The number of carbonyl (C=O) groups is 1. The van der Waals surface area contributed by atoms with E-state index in [1.165, 1.54) is 32.4 Å². The van der Waals surface area contributed by atoms with E-state index in [4.69, 9.17) is 18.9 Å². The molecule has 0 aliphatic carbocycles. The Morgan fingerprint density at radius 3 is 1.85 bits per heavy atom. The molecule has 0 aliphatic heterocycles. The van der Waals surface area contributed by atoms with E-state index in [9.17, 15) is 31.1 Å². The topological polar surface area (TPSA) is 54.0 Å². The maximum absolute atomic E-state index is 13.4. The minimum absolute atomic E-state index is 0. The summed E-state index contributed by atoms with van der Waals surface area (Å²) in [6.07, 6.45) is -10.3. The van der Waals surface area contributed by atoms with Crippen molar-refractivity contribution in [2.45, 2.75) is 12.4 Å². The van der Waals surface area contributed by atoms with E-state index in [1.807, 2.05) is 0 Å². The summed E-state index contributed by atoms with van der Waals surface area (Å²) in [5.41, 5.74) is -6.02. The summed E-state index contributed by atoms with van der Waals surface area (Å²) in [7, 11) is 1.83. The molecule has 2 rings (SSSR count). The van der Waals surface area contributed by atoms with Gasteiger partial charge in [-0.25, -0.2) is 0 Å². The summed E-state index contributed by atoms with van der Waals surface area (Å²) < 4.78 is 101. The monoisotopic (exact) mass is 506 g/mol. The molecule has 0 N–H and O–H groups in total. The molecule has 0 amide bonds. The zero-order valence-corrected chi connectivity index (χ0v) is 18.6. The fourth-order valence-corrected chi connectivity index (χ4v) is 3.82. The predicted octanol–water partition coefficient (Wildman–Crippen LogP) is 4.27. The molecule has 0 fully saturated rings. The van der Waals surface area contributed by atoms with Gasteiger partial charge in [0, 0.05) is 31.2 Å². The van der Waals surface area contributed by atoms with Gasteiger partial charge in [0.25, 0.3) is 0 Å². The van der Waals surface area contributed by atoms with Gasteiger partial charge in [0.1, 0.15) is 24.7 Å². The number of carbonyl (C=O) groups excluding carboxylic acids is 1. The molecule has 5 nitrogen and oxygen atoms in total. The van der Waals surface area contributed by atoms with Crippen molar-refractivity contribution in [3.05, 3.63) is 53.1 Å². The van der Waals surface area contributed by atoms with Crippen molar-refractivity contribution in [1.29, 1.82) is 0 Å². The second kappa shape index (κ2) is 13.4. The zero-order valence-electron chi connectivity index (χ0n) is 17.6. The first kappa shape index (κ1) is 30.3. The van der Waals surface area contributed by atoms with E-state index >= 15 is 0 Å². The molecule has 1 atom stereocenters. The summed E-state index contributed by atoms with van der Waals surface area (Å²) >= 11 is 0. The van der Waals surface area contributed by atoms with Crippen molar-refractivity contribution in [2.24, 2.45) is 0 Å². The number of halogens is 6. The van der Waals surface area contributed by atoms with Crippen LogP contribution < -0.4 is 14.8 Å². The number of ether oxygens (including phenoxy) is 4. The number of rotatable bonds is 11. The summed E-state index contributed by atoms with van der Waals surface area (Å²) in [6, 6.07) is 5.74. The predicted molar refractivity (Wildman–Crippen MR) is 117 cm³/mol. The summed E-state index contributed by atoms with van der Waals surface area (Å²) in [5.74, 6) is 0.416. The fraction of sp³-hybridized carbons (Fsp3) is 0.381. The molecule has 0 radical (unpaired) electrons. The number of alkyl halides is 6. The Morgan fingerprint density at radius 1 is 0.824 bits per heavy atom. The van der Waals surface area contributed by atoms with Gasteiger partial charge in [-0.2, -0.15) is 26.3 Å². The SMILES string of the molecule is COCCOc1ccc(PC(=O)c2c(C(F)(F)F)cccc2C(F)(F)F)c(OCCOC)c1.[LiH]. The van der Waals surface area contributed by atoms with Crippen LogP contribution in [-0.2, 0) is 21.8 Å². The molecule has 0 saturated carbocycles. The van der Waals surface area contributed by atoms with Crippen LogP contribution in [0.15, 0.2) is 36.4 Å². The van der Waals surface area contributed by atoms with Crippen molar-refractivity contribution in [3.63, 3.8) is 0 Å². The van der Waals surface area contributed by atoms with E-state index in [2.05, 4.69) is 0 Å². The molecule has 0 heterocycles. The average molecular weight is 506 g/mol. The van der Waals surface area contributed by atoms with Gasteiger partial charge in [0.15, 0.2) is 5.52 Å². The van der Waals surface area contributed by atoms with Crippen molar-refractivity contribution in [1.82, 2.24) is 0 Å². The van der Waals surface area contributed by atoms with Crippen LogP contribution in [0.2, 0.25) is 0 Å². The Hall–Kier alpha value is -1.76. The van der Waals surface area contributed by atoms with Gasteiger partial charge < -0.3 is 18.9 Å². The Bertz CT molecular complexity index is 920. The normalized spacial score (nSPS) is 12.0. The molecule has 184 valence electrons. The summed E-state index contributed by atoms with van der Waals surface area (Å²) in [4.78, 5) is 12.8. The Balaban J connectivity index is 0.00000578. The van der Waals surface area contributed by atoms with Crippen LogP contribution in [0, 0.1) is 0 Å². The molecule has 34 heavy (non-hydrogen) atoms. The second-order valence-electron chi connectivity index (χ2n) is 6.52. The third kappa shape index (κ3) is 8.47. The van der Waals surface area contributed by atoms with E-state index in [-0.39, 0.29) is 56.3 Å². The first-order valence-corrected chi connectivity index (χ1v) is 10.4. The van der Waals surface area contributed by atoms with Gasteiger partial charge in [-0.3, -0.25) is 4.79 Å². The quantitative estimate of drug-likeness (QED) is 0.197. The van der Waals surface area contributed by atoms with E-state index in [0.717, 1.165) is 0 Å². The van der Waals surface area contributed by atoms with E-state index < -0.39 is 43.1 Å². The second-order valence-corrected chi connectivity index (χ2v) is 7.76. The van der Waals surface area contributed by atoms with Gasteiger partial charge >= 0.3 is 31.2 Å². The minimum atomic E-state index is -5.15. The molecular weight excluding hydrogens is 484 g/mol. The molecule has 2 aromatic carbocycles. The maximum atomic E-state index is 13.4. The van der Waals surface area contributed by atoms with Crippen molar-refractivity contribution >= 4 is 38.3 Å². The molecule has 13 heteroatoms. The Morgan fingerprint density at radius 2 is 1.35 bits per heavy atom. The first-order valence-electron chi connectivity index (χ1n) is 9.45. The third-order valence-electron chi connectivity index (χ3n) is 4.20. The average Bonchev–Trinajstić information content (AvgIpc) is 2.74. The summed E-state index contributed by atoms with van der Waals surface area (Å²) in [5, 5.41) is 0.125. The molecule has 0 aliphatic rings. The number of methoxy groups -OCH3 is 2. The molecular formula is C21H22F6LiO5P. The van der Waals surface area contributed by atoms with Gasteiger partial charge in [-0.1, -0.05) is 6.07 Å². The van der Waals surface area contributed by atoms with Crippen LogP contribution in [0.25, 0.3) is 0 Å². The third-order valence-corrected chi connectivity index (χ3v) is 5.36. The van der Waals surface area contributed by atoms with Crippen LogP contribution in [0.4, 0.5) is 26.3 Å². The van der Waals surface area contributed by atoms with E-state index in [1.54, 1.807) is 0 Å². The number of hydrogen-bond donors (Lipinski definition) is 0. The van der Waals surface area contributed by atoms with Gasteiger partial charge in [-0.15, -0.1) is 0 Å². The van der Waals surface area contributed by atoms with Crippen molar-refractivity contribution in [2.75, 3.05) is 40.6 Å². The van der Waals surface area contributed by atoms with Crippen LogP contribution in [0.3, 0.4) is 0 Å². The van der Waals surface area contributed by atoms with Crippen molar-refractivity contribution < 1.29 is 50.1 Å². The first-order chi connectivity index (χ1) is 15.5. The van der Waals surface area contributed by atoms with E-state index in [0.29, 0.717) is 23.9 Å². The standard InChI is InChI=1S/C21H21F6O5P.Li.H/c1-29-8-10-31-13-6-7-17(16(12-13)32-11-9-30-2)33-19(28)18-14(20(22,23)24)4-3-5-15(18)21(25,26)27;;/h3-7,12,33H,8-11H2,1-2H3;;. The van der Waals surface area contributed by atoms with Gasteiger partial charge in [-0.05, 0) is 32.8 Å². The van der Waals surface area contributed by atoms with Gasteiger partial charge in [0.2, 0.25) is 0 Å². The zero-order chi connectivity index (χ0) is 24.6. The Kier molecular flexibility index (Phi) is 11.9. The molecule has 0 aromatic heterocycles. The Labute approximate surface area is 206 Å². The fourth-order valence-electron chi connectivity index (χ4n) is 2.75. The number of benzene rings is 2. The summed E-state index contributed by atoms with van der Waals surface area (Å²) in [6.45, 7) is 0.690. The van der Waals surface area contributed by atoms with Crippen LogP contribution >= 0.6 is 8.58 Å². The van der Waals surface area contributed by atoms with Crippen LogP contribution in [0.5, 0.6) is 11.5 Å². The van der Waals surface area contributed by atoms with Gasteiger partial charge in [0.05, 0.1) is 24.3 Å². The molecule has 1 unspecified atom stereocenters. The number of hydrogen-bond acceptors (Lipinski definition) is 5. The molecule has 2 aromatic rings. The van der Waals surface area contributed by atoms with Crippen molar-refractivity contribution in [3.8, 4) is 11.5 Å². The molecule has 0 bridgehead atoms. The molecule has 0 spiro atoms. The van der Waals surface area contributed by atoms with Crippen LogP contribution in [0.1, 0.15) is 21.5 Å². The van der Waals surface area contributed by atoms with Crippen LogP contribution in [-0.4, -0.2) is 65.0 Å².